The van der Waals surface area contributed by atoms with E-state index in [4.69, 9.17) is 0 Å². The molecule has 1 fully saturated rings. The van der Waals surface area contributed by atoms with E-state index in [1.54, 1.807) is 0 Å². The molecule has 2 unspecified atom stereocenters. The standard InChI is InChI=1S/C19H27N5O2/c1-12-14(13(2)24-23-12)6-5-11-20-18(25)10-9-17-19(26)22-16-8-4-3-7-15(16)21-17/h3-4,7-8,12-14,23-24H,5-6,9-11H2,1-2H3,(H,20,25)(H,22,26). The second kappa shape index (κ2) is 8.42. The third kappa shape index (κ3) is 4.47. The van der Waals surface area contributed by atoms with Gasteiger partial charge in [0, 0.05) is 31.5 Å². The third-order valence-corrected chi connectivity index (χ3v) is 5.12. The highest BCUT2D eigenvalue weighted by molar-refractivity contribution is 5.76. The highest BCUT2D eigenvalue weighted by Crippen LogP contribution is 2.19. The first-order valence-corrected chi connectivity index (χ1v) is 9.30. The summed E-state index contributed by atoms with van der Waals surface area (Å²) in [6.07, 6.45) is 2.63. The zero-order valence-electron chi connectivity index (χ0n) is 15.3. The number of hydrogen-bond acceptors (Lipinski definition) is 5. The summed E-state index contributed by atoms with van der Waals surface area (Å²) in [5.41, 5.74) is 8.14. The summed E-state index contributed by atoms with van der Waals surface area (Å²) in [5, 5.41) is 2.94. The number of hydrazine groups is 1. The van der Waals surface area contributed by atoms with Crippen LogP contribution in [0.2, 0.25) is 0 Å². The molecule has 0 spiro atoms. The van der Waals surface area contributed by atoms with Gasteiger partial charge in [-0.3, -0.25) is 20.4 Å². The van der Waals surface area contributed by atoms with Crippen molar-refractivity contribution in [3.05, 3.63) is 40.3 Å². The van der Waals surface area contributed by atoms with Gasteiger partial charge in [0.1, 0.15) is 5.69 Å². The summed E-state index contributed by atoms with van der Waals surface area (Å²) >= 11 is 0. The quantitative estimate of drug-likeness (QED) is 0.559. The Hall–Kier alpha value is -2.25. The van der Waals surface area contributed by atoms with Gasteiger partial charge in [-0.1, -0.05) is 12.1 Å². The fourth-order valence-corrected chi connectivity index (χ4v) is 3.53. The van der Waals surface area contributed by atoms with E-state index >= 15 is 0 Å². The molecule has 0 bridgehead atoms. The van der Waals surface area contributed by atoms with Crippen LogP contribution >= 0.6 is 0 Å². The predicted octanol–water partition coefficient (Wildman–Crippen LogP) is 1.25. The van der Waals surface area contributed by atoms with Crippen molar-refractivity contribution >= 4 is 16.9 Å². The van der Waals surface area contributed by atoms with Crippen molar-refractivity contribution in [2.75, 3.05) is 6.54 Å². The van der Waals surface area contributed by atoms with Crippen molar-refractivity contribution in [1.82, 2.24) is 26.1 Å². The van der Waals surface area contributed by atoms with Gasteiger partial charge in [-0.25, -0.2) is 4.98 Å². The SMILES string of the molecule is CC1NNC(C)C1CCCNC(=O)CCc1nc2ccccc2[nH]c1=O. The molecule has 2 heterocycles. The minimum Gasteiger partial charge on any atom is -0.356 e. The smallest absolute Gasteiger partial charge is 0.270 e. The van der Waals surface area contributed by atoms with Gasteiger partial charge < -0.3 is 10.3 Å². The normalized spacial score (nSPS) is 22.6. The lowest BCUT2D eigenvalue weighted by atomic mass is 9.92. The minimum absolute atomic E-state index is 0.0388. The average molecular weight is 357 g/mol. The molecule has 7 nitrogen and oxygen atoms in total. The van der Waals surface area contributed by atoms with Crippen molar-refractivity contribution in [1.29, 1.82) is 0 Å². The lowest BCUT2D eigenvalue weighted by Gasteiger charge is -2.17. The largest absolute Gasteiger partial charge is 0.356 e. The molecule has 1 saturated heterocycles. The molecule has 140 valence electrons. The fraction of sp³-hybridized carbons (Fsp3) is 0.526. The second-order valence-corrected chi connectivity index (χ2v) is 7.05. The lowest BCUT2D eigenvalue weighted by molar-refractivity contribution is -0.121. The molecule has 7 heteroatoms. The number of fused-ring (bicyclic) bond motifs is 1. The van der Waals surface area contributed by atoms with Crippen LogP contribution in [0.1, 0.15) is 38.8 Å². The Morgan fingerprint density at radius 2 is 1.92 bits per heavy atom. The van der Waals surface area contributed by atoms with Gasteiger partial charge in [0.15, 0.2) is 0 Å². The summed E-state index contributed by atoms with van der Waals surface area (Å²) < 4.78 is 0. The summed E-state index contributed by atoms with van der Waals surface area (Å²) in [5.74, 6) is 0.537. The predicted molar refractivity (Wildman–Crippen MR) is 102 cm³/mol. The lowest BCUT2D eigenvalue weighted by Crippen LogP contribution is -2.30. The maximum Gasteiger partial charge on any atom is 0.270 e. The van der Waals surface area contributed by atoms with Crippen LogP contribution in [0, 0.1) is 5.92 Å². The zero-order chi connectivity index (χ0) is 18.5. The number of nitrogens with zero attached hydrogens (tertiary/aromatic N) is 1. The van der Waals surface area contributed by atoms with Crippen LogP contribution in [-0.2, 0) is 11.2 Å². The highest BCUT2D eigenvalue weighted by Gasteiger charge is 2.28. The second-order valence-electron chi connectivity index (χ2n) is 7.05. The Labute approximate surface area is 153 Å². The van der Waals surface area contributed by atoms with Gasteiger partial charge in [-0.2, -0.15) is 0 Å². The third-order valence-electron chi connectivity index (χ3n) is 5.12. The molecule has 1 aliphatic heterocycles. The Morgan fingerprint density at radius 1 is 1.19 bits per heavy atom. The zero-order valence-corrected chi connectivity index (χ0v) is 15.3. The number of rotatable bonds is 7. The Balaban J connectivity index is 1.43. The van der Waals surface area contributed by atoms with E-state index in [0.29, 0.717) is 42.2 Å². The van der Waals surface area contributed by atoms with E-state index in [0.717, 1.165) is 18.4 Å². The number of aromatic nitrogens is 2. The first kappa shape index (κ1) is 18.5. The van der Waals surface area contributed by atoms with Crippen LogP contribution in [0.15, 0.2) is 29.1 Å². The molecule has 0 aliphatic carbocycles. The number of aryl methyl sites for hydroxylation is 1. The molecule has 1 amide bonds. The molecule has 1 aliphatic rings. The van der Waals surface area contributed by atoms with Crippen molar-refractivity contribution in [2.24, 2.45) is 5.92 Å². The number of benzene rings is 1. The minimum atomic E-state index is -0.222. The van der Waals surface area contributed by atoms with Crippen LogP contribution < -0.4 is 21.7 Å². The molecule has 1 aromatic carbocycles. The van der Waals surface area contributed by atoms with Crippen molar-refractivity contribution < 1.29 is 4.79 Å². The van der Waals surface area contributed by atoms with Crippen molar-refractivity contribution in [3.8, 4) is 0 Å². The molecule has 3 rings (SSSR count). The molecule has 26 heavy (non-hydrogen) atoms. The summed E-state index contributed by atoms with van der Waals surface area (Å²) in [6, 6.07) is 8.30. The number of H-pyrrole nitrogens is 1. The highest BCUT2D eigenvalue weighted by atomic mass is 16.1. The molecule has 0 radical (unpaired) electrons. The van der Waals surface area contributed by atoms with E-state index < -0.39 is 0 Å². The van der Waals surface area contributed by atoms with Crippen LogP contribution in [0.5, 0.6) is 0 Å². The van der Waals surface area contributed by atoms with E-state index in [-0.39, 0.29) is 17.9 Å². The number of aromatic amines is 1. The Bertz CT molecular complexity index is 809. The number of nitrogens with one attached hydrogen (secondary N) is 4. The first-order chi connectivity index (χ1) is 12.5. The van der Waals surface area contributed by atoms with Crippen molar-refractivity contribution in [2.45, 2.75) is 51.6 Å². The van der Waals surface area contributed by atoms with Gasteiger partial charge in [0.25, 0.3) is 5.56 Å². The van der Waals surface area contributed by atoms with E-state index in [2.05, 4.69) is 40.0 Å². The summed E-state index contributed by atoms with van der Waals surface area (Å²) in [4.78, 5) is 31.3. The molecular formula is C19H27N5O2. The number of hydrogen-bond donors (Lipinski definition) is 4. The summed E-state index contributed by atoms with van der Waals surface area (Å²) in [6.45, 7) is 5.01. The number of amides is 1. The van der Waals surface area contributed by atoms with E-state index in [1.807, 2.05) is 24.3 Å². The number of carbonyl (C=O) groups is 1. The Morgan fingerprint density at radius 3 is 2.69 bits per heavy atom. The molecule has 2 atom stereocenters. The monoisotopic (exact) mass is 357 g/mol. The van der Waals surface area contributed by atoms with Crippen LogP contribution in [0.25, 0.3) is 11.0 Å². The van der Waals surface area contributed by atoms with Gasteiger partial charge in [0.2, 0.25) is 5.91 Å². The average Bonchev–Trinajstić information content (AvgIpc) is 2.95. The maximum absolute atomic E-state index is 12.1. The van der Waals surface area contributed by atoms with E-state index in [9.17, 15) is 9.59 Å². The fourth-order valence-electron chi connectivity index (χ4n) is 3.53. The van der Waals surface area contributed by atoms with Gasteiger partial charge in [0.05, 0.1) is 11.0 Å². The van der Waals surface area contributed by atoms with Gasteiger partial charge in [-0.05, 0) is 44.7 Å². The molecule has 0 saturated carbocycles. The van der Waals surface area contributed by atoms with Crippen molar-refractivity contribution in [3.63, 3.8) is 0 Å². The Kier molecular flexibility index (Phi) is 6.00. The number of carbonyl (C=O) groups excluding carboxylic acids is 1. The first-order valence-electron chi connectivity index (χ1n) is 9.30. The summed E-state index contributed by atoms with van der Waals surface area (Å²) in [7, 11) is 0. The molecule has 1 aromatic heterocycles. The topological polar surface area (TPSA) is 98.9 Å². The van der Waals surface area contributed by atoms with Gasteiger partial charge >= 0.3 is 0 Å². The maximum atomic E-state index is 12.1. The molecular weight excluding hydrogens is 330 g/mol. The van der Waals surface area contributed by atoms with E-state index in [1.165, 1.54) is 0 Å². The number of para-hydroxylation sites is 2. The van der Waals surface area contributed by atoms with Crippen LogP contribution in [-0.4, -0.2) is 34.5 Å². The van der Waals surface area contributed by atoms with Crippen LogP contribution in [0.3, 0.4) is 0 Å². The van der Waals surface area contributed by atoms with Gasteiger partial charge in [-0.15, -0.1) is 0 Å². The molecule has 2 aromatic rings. The molecule has 4 N–H and O–H groups in total. The van der Waals surface area contributed by atoms with Crippen LogP contribution in [0.4, 0.5) is 0 Å².